The molecule has 1 aromatic heterocycles. The summed E-state index contributed by atoms with van der Waals surface area (Å²) in [5.74, 6) is 2.41. The summed E-state index contributed by atoms with van der Waals surface area (Å²) in [6.07, 6.45) is -0.357. The first-order valence-corrected chi connectivity index (χ1v) is 12.1. The first-order valence-electron chi connectivity index (χ1n) is 10.7. The molecule has 1 unspecified atom stereocenters. The number of benzene rings is 2. The highest BCUT2D eigenvalue weighted by atomic mass is 35.5. The van der Waals surface area contributed by atoms with Crippen LogP contribution in [0.25, 0.3) is 0 Å². The maximum atomic E-state index is 12.6. The van der Waals surface area contributed by atoms with Crippen LogP contribution in [0.4, 0.5) is 5.69 Å². The van der Waals surface area contributed by atoms with Crippen molar-refractivity contribution in [2.24, 2.45) is 5.92 Å². The summed E-state index contributed by atoms with van der Waals surface area (Å²) in [7, 11) is 1.61. The van der Waals surface area contributed by atoms with Gasteiger partial charge in [0.1, 0.15) is 0 Å². The van der Waals surface area contributed by atoms with Crippen LogP contribution in [0.15, 0.2) is 47.6 Å². The SMILES string of the molecule is COc1ccccc1OC(C)c1nnc(SCC(=O)Nc2cccc(Cl)c2C)n1CC(C)C. The van der Waals surface area contributed by atoms with Crippen molar-refractivity contribution in [2.45, 2.75) is 45.5 Å². The summed E-state index contributed by atoms with van der Waals surface area (Å²) in [5.41, 5.74) is 1.54. The minimum atomic E-state index is -0.357. The molecule has 0 radical (unpaired) electrons. The summed E-state index contributed by atoms with van der Waals surface area (Å²) in [4.78, 5) is 12.6. The van der Waals surface area contributed by atoms with Gasteiger partial charge in [-0.15, -0.1) is 10.2 Å². The van der Waals surface area contributed by atoms with Crippen molar-refractivity contribution in [1.29, 1.82) is 0 Å². The van der Waals surface area contributed by atoms with Gasteiger partial charge in [0.15, 0.2) is 28.6 Å². The number of hydrogen-bond donors (Lipinski definition) is 1. The highest BCUT2D eigenvalue weighted by molar-refractivity contribution is 7.99. The molecule has 0 aliphatic heterocycles. The molecule has 3 rings (SSSR count). The van der Waals surface area contributed by atoms with Crippen molar-refractivity contribution in [3.05, 3.63) is 58.9 Å². The Kier molecular flexibility index (Phi) is 8.63. The lowest BCUT2D eigenvalue weighted by molar-refractivity contribution is -0.113. The van der Waals surface area contributed by atoms with Crippen LogP contribution in [-0.4, -0.2) is 33.5 Å². The molecule has 0 aliphatic carbocycles. The average molecular weight is 489 g/mol. The second-order valence-corrected chi connectivity index (χ2v) is 9.36. The van der Waals surface area contributed by atoms with Gasteiger partial charge in [-0.25, -0.2) is 0 Å². The minimum Gasteiger partial charge on any atom is -0.493 e. The first kappa shape index (κ1) is 24.9. The second kappa shape index (κ2) is 11.4. The van der Waals surface area contributed by atoms with E-state index < -0.39 is 0 Å². The fourth-order valence-corrected chi connectivity index (χ4v) is 4.19. The molecule has 0 bridgehead atoms. The minimum absolute atomic E-state index is 0.135. The third-order valence-corrected chi connectivity index (χ3v) is 6.28. The molecule has 0 saturated carbocycles. The molecular weight excluding hydrogens is 460 g/mol. The Morgan fingerprint density at radius 1 is 1.12 bits per heavy atom. The van der Waals surface area contributed by atoms with Crippen LogP contribution >= 0.6 is 23.4 Å². The lowest BCUT2D eigenvalue weighted by Gasteiger charge is -2.19. The number of aromatic nitrogens is 3. The molecule has 7 nitrogen and oxygen atoms in total. The van der Waals surface area contributed by atoms with Gasteiger partial charge in [-0.05, 0) is 49.6 Å². The van der Waals surface area contributed by atoms with E-state index >= 15 is 0 Å². The Labute approximate surface area is 203 Å². The monoisotopic (exact) mass is 488 g/mol. The number of rotatable bonds is 10. The summed E-state index contributed by atoms with van der Waals surface area (Å²) >= 11 is 7.49. The zero-order chi connectivity index (χ0) is 24.0. The van der Waals surface area contributed by atoms with E-state index in [0.717, 1.165) is 5.56 Å². The van der Waals surface area contributed by atoms with E-state index in [1.54, 1.807) is 13.2 Å². The molecule has 0 aliphatic rings. The third kappa shape index (κ3) is 6.42. The van der Waals surface area contributed by atoms with Crippen LogP contribution in [0.1, 0.15) is 38.3 Å². The van der Waals surface area contributed by atoms with E-state index in [1.165, 1.54) is 11.8 Å². The number of carbonyl (C=O) groups excluding carboxylic acids is 1. The Morgan fingerprint density at radius 2 is 1.85 bits per heavy atom. The number of anilines is 1. The van der Waals surface area contributed by atoms with E-state index in [4.69, 9.17) is 21.1 Å². The number of nitrogens with zero attached hydrogens (tertiary/aromatic N) is 3. The van der Waals surface area contributed by atoms with Crippen LogP contribution in [0, 0.1) is 12.8 Å². The van der Waals surface area contributed by atoms with Gasteiger partial charge in [0.2, 0.25) is 5.91 Å². The van der Waals surface area contributed by atoms with Crippen molar-refractivity contribution >= 4 is 35.0 Å². The van der Waals surface area contributed by atoms with Crippen molar-refractivity contribution in [3.8, 4) is 11.5 Å². The second-order valence-electron chi connectivity index (χ2n) is 8.01. The third-order valence-electron chi connectivity index (χ3n) is 4.90. The van der Waals surface area contributed by atoms with Crippen LogP contribution in [0.3, 0.4) is 0 Å². The summed E-state index contributed by atoms with van der Waals surface area (Å²) in [6.45, 7) is 8.76. The van der Waals surface area contributed by atoms with E-state index in [1.807, 2.05) is 54.8 Å². The fourth-order valence-electron chi connectivity index (χ4n) is 3.26. The van der Waals surface area contributed by atoms with E-state index in [-0.39, 0.29) is 17.8 Å². The predicted octanol–water partition coefficient (Wildman–Crippen LogP) is 5.78. The van der Waals surface area contributed by atoms with Gasteiger partial charge in [0.05, 0.1) is 12.9 Å². The van der Waals surface area contributed by atoms with E-state index in [0.29, 0.717) is 45.7 Å². The predicted molar refractivity (Wildman–Crippen MR) is 132 cm³/mol. The summed E-state index contributed by atoms with van der Waals surface area (Å²) in [6, 6.07) is 12.9. The largest absolute Gasteiger partial charge is 0.493 e. The highest BCUT2D eigenvalue weighted by Gasteiger charge is 2.22. The first-order chi connectivity index (χ1) is 15.8. The Balaban J connectivity index is 1.73. The van der Waals surface area contributed by atoms with E-state index in [9.17, 15) is 4.79 Å². The van der Waals surface area contributed by atoms with Gasteiger partial charge in [-0.2, -0.15) is 0 Å². The van der Waals surface area contributed by atoms with Crippen molar-refractivity contribution in [1.82, 2.24) is 14.8 Å². The molecule has 1 N–H and O–H groups in total. The number of methoxy groups -OCH3 is 1. The Bertz CT molecular complexity index is 1100. The number of nitrogens with one attached hydrogen (secondary N) is 1. The van der Waals surface area contributed by atoms with Crippen LogP contribution in [0.2, 0.25) is 5.02 Å². The van der Waals surface area contributed by atoms with Crippen LogP contribution < -0.4 is 14.8 Å². The van der Waals surface area contributed by atoms with Gasteiger partial charge < -0.3 is 19.4 Å². The van der Waals surface area contributed by atoms with Gasteiger partial charge in [-0.1, -0.05) is 55.4 Å². The maximum absolute atomic E-state index is 12.6. The maximum Gasteiger partial charge on any atom is 0.234 e. The zero-order valence-electron chi connectivity index (χ0n) is 19.5. The molecule has 1 heterocycles. The van der Waals surface area contributed by atoms with Crippen LogP contribution in [0.5, 0.6) is 11.5 Å². The number of amides is 1. The summed E-state index contributed by atoms with van der Waals surface area (Å²) < 4.78 is 13.5. The quantitative estimate of drug-likeness (QED) is 0.365. The van der Waals surface area contributed by atoms with Crippen molar-refractivity contribution in [2.75, 3.05) is 18.2 Å². The molecule has 2 aromatic carbocycles. The van der Waals surface area contributed by atoms with Crippen molar-refractivity contribution < 1.29 is 14.3 Å². The number of hydrogen-bond acceptors (Lipinski definition) is 6. The molecule has 1 amide bonds. The standard InChI is InChI=1S/C24H29ClN4O3S/c1-15(2)13-29-23(17(4)32-21-12-7-6-11-20(21)31-5)27-28-24(29)33-14-22(30)26-19-10-8-9-18(25)16(19)3/h6-12,15,17H,13-14H2,1-5H3,(H,26,30). The molecule has 1 atom stereocenters. The Hall–Kier alpha value is -2.71. The molecule has 0 fully saturated rings. The lowest BCUT2D eigenvalue weighted by atomic mass is 10.2. The van der Waals surface area contributed by atoms with Gasteiger partial charge >= 0.3 is 0 Å². The molecule has 0 saturated heterocycles. The number of ether oxygens (including phenoxy) is 2. The van der Waals surface area contributed by atoms with Crippen LogP contribution in [-0.2, 0) is 11.3 Å². The molecule has 33 heavy (non-hydrogen) atoms. The molecular formula is C24H29ClN4O3S. The Morgan fingerprint density at radius 3 is 2.55 bits per heavy atom. The van der Waals surface area contributed by atoms with E-state index in [2.05, 4.69) is 29.4 Å². The summed E-state index contributed by atoms with van der Waals surface area (Å²) in [5, 5.41) is 12.9. The zero-order valence-corrected chi connectivity index (χ0v) is 21.0. The fraction of sp³-hybridized carbons (Fsp3) is 0.375. The normalized spacial score (nSPS) is 12.0. The van der Waals surface area contributed by atoms with Crippen molar-refractivity contribution in [3.63, 3.8) is 0 Å². The number of para-hydroxylation sites is 2. The smallest absolute Gasteiger partial charge is 0.234 e. The number of thioether (sulfide) groups is 1. The molecule has 0 spiro atoms. The molecule has 9 heteroatoms. The molecule has 176 valence electrons. The highest BCUT2D eigenvalue weighted by Crippen LogP contribution is 2.31. The number of halogens is 1. The van der Waals surface area contributed by atoms with Gasteiger partial charge in [0, 0.05) is 17.3 Å². The lowest BCUT2D eigenvalue weighted by Crippen LogP contribution is -2.17. The average Bonchev–Trinajstić information content (AvgIpc) is 3.17. The molecule has 3 aromatic rings. The van der Waals surface area contributed by atoms with Gasteiger partial charge in [-0.3, -0.25) is 4.79 Å². The van der Waals surface area contributed by atoms with Gasteiger partial charge in [0.25, 0.3) is 0 Å². The number of carbonyl (C=O) groups is 1. The topological polar surface area (TPSA) is 78.3 Å².